The van der Waals surface area contributed by atoms with Gasteiger partial charge in [-0.15, -0.1) is 0 Å². The number of hydrogen-bond acceptors (Lipinski definition) is 8. The Kier molecular flexibility index (Phi) is 7.26. The summed E-state index contributed by atoms with van der Waals surface area (Å²) in [5, 5.41) is 21.0. The number of carbonyl (C=O) groups excluding carboxylic acids is 1. The molecule has 1 unspecified atom stereocenters. The second kappa shape index (κ2) is 10.8. The maximum Gasteiger partial charge on any atom is 0.335 e. The summed E-state index contributed by atoms with van der Waals surface area (Å²) in [7, 11) is 0. The van der Waals surface area contributed by atoms with Crippen LogP contribution in [0.1, 0.15) is 30.5 Å². The number of thiocarbonyl (C=S) groups is 1. The molecule has 11 heteroatoms. The van der Waals surface area contributed by atoms with E-state index < -0.39 is 12.0 Å². The van der Waals surface area contributed by atoms with Crippen LogP contribution >= 0.6 is 12.2 Å². The zero-order valence-electron chi connectivity index (χ0n) is 20.5. The van der Waals surface area contributed by atoms with Gasteiger partial charge in [0.05, 0.1) is 5.57 Å². The van der Waals surface area contributed by atoms with E-state index in [0.29, 0.717) is 28.8 Å². The van der Waals surface area contributed by atoms with E-state index in [-0.39, 0.29) is 23.0 Å². The quantitative estimate of drug-likeness (QED) is 0.451. The van der Waals surface area contributed by atoms with E-state index in [2.05, 4.69) is 49.7 Å². The van der Waals surface area contributed by atoms with Gasteiger partial charge < -0.3 is 15.3 Å². The molecule has 1 fully saturated rings. The van der Waals surface area contributed by atoms with Gasteiger partial charge in [0, 0.05) is 56.9 Å². The van der Waals surface area contributed by atoms with Crippen molar-refractivity contribution in [2.75, 3.05) is 32.7 Å². The van der Waals surface area contributed by atoms with Crippen LogP contribution in [0.2, 0.25) is 0 Å². The summed E-state index contributed by atoms with van der Waals surface area (Å²) in [6.45, 7) is 6.66. The molecule has 0 aliphatic carbocycles. The fourth-order valence-corrected chi connectivity index (χ4v) is 5.36. The number of fused-ring (bicyclic) bond motifs is 1. The third kappa shape index (κ3) is 5.24. The van der Waals surface area contributed by atoms with E-state index in [9.17, 15) is 14.7 Å². The van der Waals surface area contributed by atoms with E-state index >= 15 is 0 Å². The van der Waals surface area contributed by atoms with Crippen LogP contribution in [0.25, 0.3) is 11.0 Å². The van der Waals surface area contributed by atoms with Crippen molar-refractivity contribution in [2.45, 2.75) is 25.9 Å². The minimum absolute atomic E-state index is 0.0342. The molecule has 1 aromatic heterocycles. The zero-order valence-corrected chi connectivity index (χ0v) is 21.3. The Morgan fingerprint density at radius 1 is 1.05 bits per heavy atom. The zero-order chi connectivity index (χ0) is 25.9. The number of piperazine rings is 1. The number of amides is 1. The molecule has 5 rings (SSSR count). The first-order valence-corrected chi connectivity index (χ1v) is 12.6. The molecule has 0 saturated carbocycles. The molecule has 37 heavy (non-hydrogen) atoms. The van der Waals surface area contributed by atoms with Crippen molar-refractivity contribution in [1.82, 2.24) is 30.3 Å². The first-order chi connectivity index (χ1) is 17.9. The third-order valence-electron chi connectivity index (χ3n) is 6.92. The lowest BCUT2D eigenvalue weighted by Gasteiger charge is -2.39. The molecule has 1 atom stereocenters. The van der Waals surface area contributed by atoms with Crippen LogP contribution < -0.4 is 5.32 Å². The van der Waals surface area contributed by atoms with Gasteiger partial charge in [-0.05, 0) is 41.1 Å². The van der Waals surface area contributed by atoms with Crippen LogP contribution in [0.3, 0.4) is 0 Å². The van der Waals surface area contributed by atoms with Crippen LogP contribution in [0.5, 0.6) is 0 Å². The van der Waals surface area contributed by atoms with Crippen molar-refractivity contribution in [2.24, 2.45) is 0 Å². The SMILES string of the molecule is CC1=C(C(=O)O)C(c2cccc3nonc23)N(C(=O)CCN2CCN(Cc3ccccc3)CC2)C(=S)N1. The highest BCUT2D eigenvalue weighted by molar-refractivity contribution is 7.80. The number of rotatable bonds is 7. The molecule has 1 saturated heterocycles. The Balaban J connectivity index is 1.30. The number of allylic oxidation sites excluding steroid dienone is 1. The van der Waals surface area contributed by atoms with Crippen LogP contribution in [0.4, 0.5) is 0 Å². The molecule has 0 spiro atoms. The predicted molar refractivity (Wildman–Crippen MR) is 140 cm³/mol. The number of benzene rings is 2. The molecule has 10 nitrogen and oxygen atoms in total. The van der Waals surface area contributed by atoms with Crippen LogP contribution in [0, 0.1) is 0 Å². The summed E-state index contributed by atoms with van der Waals surface area (Å²) >= 11 is 5.53. The molecule has 192 valence electrons. The van der Waals surface area contributed by atoms with Gasteiger partial charge in [-0.1, -0.05) is 42.5 Å². The highest BCUT2D eigenvalue weighted by Gasteiger charge is 2.40. The minimum Gasteiger partial charge on any atom is -0.478 e. The molecule has 0 bridgehead atoms. The molecule has 2 aromatic carbocycles. The Hall–Kier alpha value is -3.67. The van der Waals surface area contributed by atoms with Gasteiger partial charge in [-0.3, -0.25) is 14.6 Å². The normalized spacial score (nSPS) is 19.3. The molecule has 0 radical (unpaired) electrons. The number of aliphatic carboxylic acids is 1. The van der Waals surface area contributed by atoms with Crippen molar-refractivity contribution in [3.63, 3.8) is 0 Å². The topological polar surface area (TPSA) is 115 Å². The van der Waals surface area contributed by atoms with Gasteiger partial charge in [0.15, 0.2) is 5.11 Å². The fraction of sp³-hybridized carbons (Fsp3) is 0.346. The number of carboxylic acid groups (broad SMARTS) is 1. The summed E-state index contributed by atoms with van der Waals surface area (Å²) in [6, 6.07) is 14.6. The minimum atomic E-state index is -1.14. The van der Waals surface area contributed by atoms with Crippen molar-refractivity contribution >= 4 is 40.2 Å². The number of carboxylic acids is 1. The van der Waals surface area contributed by atoms with Gasteiger partial charge in [0.1, 0.15) is 17.1 Å². The molecule has 1 amide bonds. The second-order valence-corrected chi connectivity index (χ2v) is 9.66. The van der Waals surface area contributed by atoms with E-state index in [0.717, 1.165) is 32.7 Å². The van der Waals surface area contributed by atoms with Gasteiger partial charge >= 0.3 is 5.97 Å². The Bertz CT molecular complexity index is 1350. The summed E-state index contributed by atoms with van der Waals surface area (Å²) in [5.74, 6) is -1.40. The van der Waals surface area contributed by atoms with E-state index in [4.69, 9.17) is 16.8 Å². The molecule has 2 aliphatic heterocycles. The second-order valence-electron chi connectivity index (χ2n) is 9.27. The van der Waals surface area contributed by atoms with Crippen LogP contribution in [0.15, 0.2) is 64.4 Å². The number of hydrogen-bond donors (Lipinski definition) is 2. The molecule has 3 aromatic rings. The molecular formula is C26H28N6O4S. The van der Waals surface area contributed by atoms with E-state index in [1.165, 1.54) is 10.5 Å². The lowest BCUT2D eigenvalue weighted by molar-refractivity contribution is -0.134. The predicted octanol–water partition coefficient (Wildman–Crippen LogP) is 2.55. The smallest absolute Gasteiger partial charge is 0.335 e. The van der Waals surface area contributed by atoms with Crippen LogP contribution in [-0.4, -0.2) is 79.8 Å². The number of nitrogens with one attached hydrogen (secondary N) is 1. The monoisotopic (exact) mass is 520 g/mol. The molecule has 2 N–H and O–H groups in total. The van der Waals surface area contributed by atoms with Gasteiger partial charge in [-0.25, -0.2) is 9.42 Å². The lowest BCUT2D eigenvalue weighted by Crippen LogP contribution is -2.52. The Morgan fingerprint density at radius 3 is 2.51 bits per heavy atom. The maximum absolute atomic E-state index is 13.6. The summed E-state index contributed by atoms with van der Waals surface area (Å²) in [6.07, 6.45) is 0.204. The van der Waals surface area contributed by atoms with E-state index in [1.807, 2.05) is 6.07 Å². The standard InChI is InChI=1S/C26H28N6O4S/c1-17-22(25(34)35)24(19-8-5-9-20-23(19)29-36-28-20)32(26(37)27-17)21(33)10-11-30-12-14-31(15-13-30)16-18-6-3-2-4-7-18/h2-9,24H,10-16H2,1H3,(H,27,37)(H,34,35). The van der Waals surface area contributed by atoms with Gasteiger partial charge in [-0.2, -0.15) is 0 Å². The van der Waals surface area contributed by atoms with E-state index in [1.54, 1.807) is 25.1 Å². The highest BCUT2D eigenvalue weighted by Crippen LogP contribution is 2.37. The first-order valence-electron chi connectivity index (χ1n) is 12.2. The average molecular weight is 521 g/mol. The number of aromatic nitrogens is 2. The highest BCUT2D eigenvalue weighted by atomic mass is 32.1. The van der Waals surface area contributed by atoms with Gasteiger partial charge in [0.2, 0.25) is 5.91 Å². The lowest BCUT2D eigenvalue weighted by atomic mass is 9.92. The fourth-order valence-electron chi connectivity index (χ4n) is 5.00. The van der Waals surface area contributed by atoms with Crippen LogP contribution in [-0.2, 0) is 16.1 Å². The number of nitrogens with zero attached hydrogens (tertiary/aromatic N) is 5. The summed E-state index contributed by atoms with van der Waals surface area (Å²) < 4.78 is 4.89. The molecule has 3 heterocycles. The van der Waals surface area contributed by atoms with Crippen molar-refractivity contribution in [3.8, 4) is 0 Å². The third-order valence-corrected chi connectivity index (χ3v) is 7.21. The number of carbonyl (C=O) groups is 2. The van der Waals surface area contributed by atoms with Crippen molar-refractivity contribution in [1.29, 1.82) is 0 Å². The van der Waals surface area contributed by atoms with Crippen molar-refractivity contribution < 1.29 is 19.3 Å². The Morgan fingerprint density at radius 2 is 1.78 bits per heavy atom. The van der Waals surface area contributed by atoms with Gasteiger partial charge in [0.25, 0.3) is 0 Å². The summed E-state index contributed by atoms with van der Waals surface area (Å²) in [5.41, 5.74) is 3.09. The van der Waals surface area contributed by atoms with Crippen molar-refractivity contribution in [3.05, 3.63) is 70.9 Å². The first kappa shape index (κ1) is 25.0. The Labute approximate surface area is 219 Å². The summed E-state index contributed by atoms with van der Waals surface area (Å²) in [4.78, 5) is 31.9. The molecule has 2 aliphatic rings. The molecular weight excluding hydrogens is 492 g/mol. The average Bonchev–Trinajstić information content (AvgIpc) is 3.37. The largest absolute Gasteiger partial charge is 0.478 e. The maximum atomic E-state index is 13.6.